The van der Waals surface area contributed by atoms with Gasteiger partial charge < -0.3 is 14.8 Å². The Bertz CT molecular complexity index is 213. The van der Waals surface area contributed by atoms with E-state index in [1.165, 1.54) is 0 Å². The second-order valence-electron chi connectivity index (χ2n) is 4.01. The van der Waals surface area contributed by atoms with E-state index in [1.54, 1.807) is 32.5 Å². The molecule has 0 aliphatic carbocycles. The van der Waals surface area contributed by atoms with Crippen LogP contribution in [0.25, 0.3) is 0 Å². The summed E-state index contributed by atoms with van der Waals surface area (Å²) in [7, 11) is 0. The van der Waals surface area contributed by atoms with Crippen molar-refractivity contribution in [1.82, 2.24) is 5.32 Å². The van der Waals surface area contributed by atoms with Crippen LogP contribution in [0.3, 0.4) is 0 Å². The van der Waals surface area contributed by atoms with Crippen molar-refractivity contribution < 1.29 is 14.3 Å². The number of rotatable bonds is 5. The van der Waals surface area contributed by atoms with Gasteiger partial charge in [0.2, 0.25) is 0 Å². The van der Waals surface area contributed by atoms with Gasteiger partial charge in [-0.2, -0.15) is 11.8 Å². The third-order valence-corrected chi connectivity index (χ3v) is 1.99. The van der Waals surface area contributed by atoms with Crippen molar-refractivity contribution in [1.29, 1.82) is 0 Å². The van der Waals surface area contributed by atoms with Gasteiger partial charge in [0, 0.05) is 0 Å². The van der Waals surface area contributed by atoms with Crippen LogP contribution in [-0.2, 0) is 9.53 Å². The molecule has 0 rings (SSSR count). The van der Waals surface area contributed by atoms with Gasteiger partial charge in [-0.1, -0.05) is 0 Å². The van der Waals surface area contributed by atoms with Crippen molar-refractivity contribution in [3.8, 4) is 0 Å². The number of carbonyl (C=O) groups excluding carboxylic acids is 2. The van der Waals surface area contributed by atoms with Crippen LogP contribution in [0, 0.1) is 6.04 Å². The molecule has 0 spiro atoms. The summed E-state index contributed by atoms with van der Waals surface area (Å²) in [6, 6.07) is 0.360. The lowest BCUT2D eigenvalue weighted by Gasteiger charge is -2.21. The number of alkyl carbamates (subject to hydrolysis) is 1. The smallest absolute Gasteiger partial charge is 0.408 e. The molecule has 0 aliphatic heterocycles. The highest BCUT2D eigenvalue weighted by molar-refractivity contribution is 7.98. The first-order chi connectivity index (χ1) is 6.89. The number of hydrogen-bond donors (Lipinski definition) is 1. The minimum Gasteiger partial charge on any atom is -0.444 e. The van der Waals surface area contributed by atoms with Gasteiger partial charge in [0.1, 0.15) is 17.9 Å². The molecule has 0 aromatic carbocycles. The average molecular weight is 232 g/mol. The lowest BCUT2D eigenvalue weighted by Crippen LogP contribution is -2.35. The van der Waals surface area contributed by atoms with Gasteiger partial charge in [0.25, 0.3) is 0 Å². The van der Waals surface area contributed by atoms with E-state index in [-0.39, 0.29) is 0 Å². The minimum atomic E-state index is -0.578. The Morgan fingerprint density at radius 2 is 2.07 bits per heavy atom. The molecule has 4 nitrogen and oxygen atoms in total. The second kappa shape index (κ2) is 6.71. The van der Waals surface area contributed by atoms with Crippen molar-refractivity contribution in [3.63, 3.8) is 0 Å². The molecule has 1 radical (unpaired) electrons. The van der Waals surface area contributed by atoms with E-state index in [9.17, 15) is 9.59 Å². The van der Waals surface area contributed by atoms with E-state index in [2.05, 4.69) is 5.32 Å². The monoisotopic (exact) mass is 232 g/mol. The minimum absolute atomic E-state index is 0.360. The van der Waals surface area contributed by atoms with Gasteiger partial charge in [-0.05, 0) is 39.2 Å². The van der Waals surface area contributed by atoms with Crippen molar-refractivity contribution in [2.45, 2.75) is 32.8 Å². The van der Waals surface area contributed by atoms with Gasteiger partial charge in [-0.15, -0.1) is 0 Å². The number of ether oxygens (including phenoxy) is 1. The maximum Gasteiger partial charge on any atom is 0.408 e. The number of thioether (sulfide) groups is 1. The van der Waals surface area contributed by atoms with Crippen LogP contribution in [0.5, 0.6) is 0 Å². The molecule has 0 unspecified atom stereocenters. The molecular formula is C10H18NO3S. The maximum atomic E-state index is 11.3. The van der Waals surface area contributed by atoms with Crippen LogP contribution in [0.1, 0.15) is 27.2 Å². The summed E-state index contributed by atoms with van der Waals surface area (Å²) in [5.41, 5.74) is -0.544. The molecule has 87 valence electrons. The first-order valence-electron chi connectivity index (χ1n) is 4.69. The molecule has 1 amide bonds. The van der Waals surface area contributed by atoms with Crippen LogP contribution in [-0.4, -0.2) is 30.0 Å². The normalized spacial score (nSPS) is 11.3. The Morgan fingerprint density at radius 3 is 2.47 bits per heavy atom. The van der Waals surface area contributed by atoms with Gasteiger partial charge in [0.05, 0.1) is 0 Å². The Hall–Kier alpha value is -0.710. The Morgan fingerprint density at radius 1 is 1.47 bits per heavy atom. The highest BCUT2D eigenvalue weighted by Crippen LogP contribution is 2.09. The lowest BCUT2D eigenvalue weighted by molar-refractivity contribution is -0.107. The fraction of sp³-hybridized carbons (Fsp3) is 0.700. The number of aldehydes is 1. The summed E-state index contributed by atoms with van der Waals surface area (Å²) in [5, 5.41) is 2.43. The maximum absolute atomic E-state index is 11.3. The third kappa shape index (κ3) is 8.30. The number of nitrogens with one attached hydrogen (secondary N) is 1. The van der Waals surface area contributed by atoms with E-state index >= 15 is 0 Å². The largest absolute Gasteiger partial charge is 0.444 e. The third-order valence-electron chi connectivity index (χ3n) is 1.38. The first kappa shape index (κ1) is 14.3. The Kier molecular flexibility index (Phi) is 6.40. The van der Waals surface area contributed by atoms with E-state index in [4.69, 9.17) is 4.74 Å². The number of carbonyl (C=O) groups is 2. The second-order valence-corrected chi connectivity index (χ2v) is 5.00. The summed E-state index contributed by atoms with van der Waals surface area (Å²) in [4.78, 5) is 21.9. The van der Waals surface area contributed by atoms with Crippen molar-refractivity contribution in [3.05, 3.63) is 6.04 Å². The van der Waals surface area contributed by atoms with Gasteiger partial charge in [-0.3, -0.25) is 0 Å². The quantitative estimate of drug-likeness (QED) is 0.737. The van der Waals surface area contributed by atoms with Crippen LogP contribution < -0.4 is 5.32 Å². The van der Waals surface area contributed by atoms with E-state index in [0.717, 1.165) is 5.75 Å². The standard InChI is InChI=1S/C10H18NO3S/c1-10(2,3)14-9(13)11-8(7-12)5-6-15-4/h7H,5-6H2,1-4H3,(H,11,13). The number of amides is 1. The van der Waals surface area contributed by atoms with Crippen molar-refractivity contribution in [2.75, 3.05) is 12.0 Å². The summed E-state index contributed by atoms with van der Waals surface area (Å²) >= 11 is 1.61. The highest BCUT2D eigenvalue weighted by Gasteiger charge is 2.19. The predicted molar refractivity (Wildman–Crippen MR) is 61.7 cm³/mol. The fourth-order valence-corrected chi connectivity index (χ4v) is 1.22. The first-order valence-corrected chi connectivity index (χ1v) is 6.08. The topological polar surface area (TPSA) is 55.4 Å². The molecule has 15 heavy (non-hydrogen) atoms. The van der Waals surface area contributed by atoms with Crippen LogP contribution in [0.4, 0.5) is 4.79 Å². The lowest BCUT2D eigenvalue weighted by atomic mass is 10.2. The van der Waals surface area contributed by atoms with E-state index in [0.29, 0.717) is 18.7 Å². The van der Waals surface area contributed by atoms with Crippen LogP contribution >= 0.6 is 11.8 Å². The van der Waals surface area contributed by atoms with Crippen molar-refractivity contribution >= 4 is 24.1 Å². The van der Waals surface area contributed by atoms with Gasteiger partial charge >= 0.3 is 6.09 Å². The molecule has 0 heterocycles. The molecule has 1 N–H and O–H groups in total. The molecule has 0 saturated carbocycles. The van der Waals surface area contributed by atoms with Gasteiger partial charge in [0.15, 0.2) is 0 Å². The highest BCUT2D eigenvalue weighted by atomic mass is 32.2. The zero-order valence-corrected chi connectivity index (χ0v) is 10.4. The summed E-state index contributed by atoms with van der Waals surface area (Å²) < 4.78 is 5.01. The van der Waals surface area contributed by atoms with Crippen LogP contribution in [0.2, 0.25) is 0 Å². The predicted octanol–water partition coefficient (Wildman–Crippen LogP) is 2.00. The van der Waals surface area contributed by atoms with Gasteiger partial charge in [-0.25, -0.2) is 4.79 Å². The zero-order valence-electron chi connectivity index (χ0n) is 9.62. The average Bonchev–Trinajstić information content (AvgIpc) is 2.09. The summed E-state index contributed by atoms with van der Waals surface area (Å²) in [6.45, 7) is 5.32. The molecule has 0 atom stereocenters. The molecule has 0 aliphatic rings. The summed E-state index contributed by atoms with van der Waals surface area (Å²) in [6.07, 6.45) is 2.56. The molecule has 0 aromatic rings. The number of hydrogen-bond acceptors (Lipinski definition) is 4. The fourth-order valence-electron chi connectivity index (χ4n) is 0.798. The Labute approximate surface area is 95.1 Å². The van der Waals surface area contributed by atoms with Crippen LogP contribution in [0.15, 0.2) is 0 Å². The Balaban J connectivity index is 3.96. The van der Waals surface area contributed by atoms with Crippen molar-refractivity contribution in [2.24, 2.45) is 0 Å². The molecule has 5 heteroatoms. The van der Waals surface area contributed by atoms with E-state index < -0.39 is 11.7 Å². The summed E-state index contributed by atoms with van der Waals surface area (Å²) in [5.74, 6) is 0.796. The SMILES string of the molecule is CSCC[C](C=O)NC(=O)OC(C)(C)C. The molecule has 0 bridgehead atoms. The molecule has 0 saturated heterocycles. The zero-order chi connectivity index (χ0) is 11.9. The molecular weight excluding hydrogens is 214 g/mol. The van der Waals surface area contributed by atoms with E-state index in [1.807, 2.05) is 6.26 Å². The molecule has 0 fully saturated rings. The molecule has 0 aromatic heterocycles.